The number of morpholine rings is 1. The van der Waals surface area contributed by atoms with E-state index in [4.69, 9.17) is 4.74 Å². The summed E-state index contributed by atoms with van der Waals surface area (Å²) >= 11 is 0. The molecule has 1 aromatic heterocycles. The molecule has 3 rings (SSSR count). The first kappa shape index (κ1) is 17.6. The summed E-state index contributed by atoms with van der Waals surface area (Å²) in [5, 5.41) is 0. The van der Waals surface area contributed by atoms with Crippen molar-refractivity contribution in [2.24, 2.45) is 5.92 Å². The molecule has 2 saturated heterocycles. The summed E-state index contributed by atoms with van der Waals surface area (Å²) in [6.07, 6.45) is 4.06. The van der Waals surface area contributed by atoms with Gasteiger partial charge in [0.1, 0.15) is 0 Å². The Morgan fingerprint density at radius 2 is 1.71 bits per heavy atom. The maximum atomic E-state index is 12.3. The number of nitrogens with zero attached hydrogens (tertiary/aromatic N) is 4. The standard InChI is InChI=1S/C18H30N4O2/c1-15-16(2)19-14-22(18(15)23)13-17-3-5-20(6-4-17)7-8-21-9-11-24-12-10-21/h14,17H,3-13H2,1-2H3. The zero-order valence-electron chi connectivity index (χ0n) is 15.0. The average Bonchev–Trinajstić information content (AvgIpc) is 2.62. The fraction of sp³-hybridized carbons (Fsp3) is 0.778. The molecule has 134 valence electrons. The summed E-state index contributed by atoms with van der Waals surface area (Å²) < 4.78 is 7.20. The van der Waals surface area contributed by atoms with Gasteiger partial charge in [0.2, 0.25) is 0 Å². The molecule has 1 aromatic rings. The van der Waals surface area contributed by atoms with Gasteiger partial charge in [0.05, 0.1) is 19.5 Å². The topological polar surface area (TPSA) is 50.6 Å². The lowest BCUT2D eigenvalue weighted by Gasteiger charge is -2.34. The van der Waals surface area contributed by atoms with Crippen molar-refractivity contribution < 1.29 is 4.74 Å². The minimum Gasteiger partial charge on any atom is -0.379 e. The Morgan fingerprint density at radius 1 is 1.08 bits per heavy atom. The van der Waals surface area contributed by atoms with E-state index in [1.807, 2.05) is 13.8 Å². The largest absolute Gasteiger partial charge is 0.379 e. The number of ether oxygens (including phenoxy) is 1. The van der Waals surface area contributed by atoms with Gasteiger partial charge in [-0.25, -0.2) is 4.98 Å². The third-order valence-corrected chi connectivity index (χ3v) is 5.51. The number of aryl methyl sites for hydroxylation is 1. The van der Waals surface area contributed by atoms with Gasteiger partial charge >= 0.3 is 0 Å². The van der Waals surface area contributed by atoms with Gasteiger partial charge in [-0.15, -0.1) is 0 Å². The van der Waals surface area contributed by atoms with Crippen molar-refractivity contribution in [3.05, 3.63) is 27.9 Å². The first-order chi connectivity index (χ1) is 11.6. The first-order valence-corrected chi connectivity index (χ1v) is 9.18. The molecule has 6 heteroatoms. The SMILES string of the molecule is Cc1ncn(CC2CCN(CCN3CCOCC3)CC2)c(=O)c1C. The van der Waals surface area contributed by atoms with Gasteiger partial charge in [-0.1, -0.05) is 0 Å². The van der Waals surface area contributed by atoms with E-state index in [0.717, 1.165) is 70.3 Å². The van der Waals surface area contributed by atoms with Crippen LogP contribution in [0.4, 0.5) is 0 Å². The minimum absolute atomic E-state index is 0.122. The number of piperidine rings is 1. The summed E-state index contributed by atoms with van der Waals surface area (Å²) in [7, 11) is 0. The van der Waals surface area contributed by atoms with Crippen LogP contribution in [0.15, 0.2) is 11.1 Å². The first-order valence-electron chi connectivity index (χ1n) is 9.18. The molecule has 0 bridgehead atoms. The van der Waals surface area contributed by atoms with E-state index < -0.39 is 0 Å². The predicted octanol–water partition coefficient (Wildman–Crippen LogP) is 0.904. The summed E-state index contributed by atoms with van der Waals surface area (Å²) in [4.78, 5) is 21.7. The molecule has 2 aliphatic rings. The quantitative estimate of drug-likeness (QED) is 0.801. The molecule has 24 heavy (non-hydrogen) atoms. The van der Waals surface area contributed by atoms with Crippen molar-refractivity contribution >= 4 is 0 Å². The molecule has 0 atom stereocenters. The highest BCUT2D eigenvalue weighted by Crippen LogP contribution is 2.18. The van der Waals surface area contributed by atoms with Crippen LogP contribution in [0, 0.1) is 19.8 Å². The van der Waals surface area contributed by atoms with Crippen molar-refractivity contribution in [1.82, 2.24) is 19.4 Å². The molecule has 2 fully saturated rings. The van der Waals surface area contributed by atoms with Crippen LogP contribution in [-0.4, -0.2) is 71.8 Å². The Labute approximate surface area is 144 Å². The normalized spacial score (nSPS) is 21.2. The molecule has 0 saturated carbocycles. The van der Waals surface area contributed by atoms with Crippen LogP contribution in [0.1, 0.15) is 24.1 Å². The number of hydrogen-bond donors (Lipinski definition) is 0. The Hall–Kier alpha value is -1.24. The van der Waals surface area contributed by atoms with E-state index in [1.54, 1.807) is 10.9 Å². The Morgan fingerprint density at radius 3 is 2.38 bits per heavy atom. The van der Waals surface area contributed by atoms with Crippen LogP contribution in [0.5, 0.6) is 0 Å². The van der Waals surface area contributed by atoms with Gasteiger partial charge in [-0.2, -0.15) is 0 Å². The lowest BCUT2D eigenvalue weighted by molar-refractivity contribution is 0.0312. The summed E-state index contributed by atoms with van der Waals surface area (Å²) in [5.74, 6) is 0.589. The molecule has 3 heterocycles. The van der Waals surface area contributed by atoms with Crippen molar-refractivity contribution in [3.8, 4) is 0 Å². The molecule has 2 aliphatic heterocycles. The number of rotatable bonds is 5. The molecular formula is C18H30N4O2. The van der Waals surface area contributed by atoms with Gasteiger partial charge in [0.15, 0.2) is 0 Å². The Bertz CT molecular complexity index is 587. The zero-order chi connectivity index (χ0) is 16.9. The smallest absolute Gasteiger partial charge is 0.256 e. The lowest BCUT2D eigenvalue weighted by atomic mass is 9.96. The predicted molar refractivity (Wildman–Crippen MR) is 94.4 cm³/mol. The second-order valence-corrected chi connectivity index (χ2v) is 7.15. The maximum absolute atomic E-state index is 12.3. The molecule has 0 unspecified atom stereocenters. The number of aromatic nitrogens is 2. The zero-order valence-corrected chi connectivity index (χ0v) is 15.0. The molecular weight excluding hydrogens is 304 g/mol. The van der Waals surface area contributed by atoms with E-state index in [1.165, 1.54) is 12.8 Å². The third-order valence-electron chi connectivity index (χ3n) is 5.51. The van der Waals surface area contributed by atoms with Crippen LogP contribution >= 0.6 is 0 Å². The molecule has 0 spiro atoms. The van der Waals surface area contributed by atoms with E-state index >= 15 is 0 Å². The molecule has 0 aliphatic carbocycles. The fourth-order valence-corrected chi connectivity index (χ4v) is 3.58. The molecule has 6 nitrogen and oxygen atoms in total. The van der Waals surface area contributed by atoms with Crippen LogP contribution in [0.3, 0.4) is 0 Å². The van der Waals surface area contributed by atoms with Crippen molar-refractivity contribution in [2.75, 3.05) is 52.5 Å². The van der Waals surface area contributed by atoms with E-state index in [0.29, 0.717) is 5.92 Å². The summed E-state index contributed by atoms with van der Waals surface area (Å²) in [6.45, 7) is 13.0. The maximum Gasteiger partial charge on any atom is 0.256 e. The van der Waals surface area contributed by atoms with Crippen LogP contribution in [0.2, 0.25) is 0 Å². The van der Waals surface area contributed by atoms with E-state index in [-0.39, 0.29) is 5.56 Å². The Balaban J connectivity index is 1.43. The van der Waals surface area contributed by atoms with Crippen LogP contribution in [0.25, 0.3) is 0 Å². The monoisotopic (exact) mass is 334 g/mol. The van der Waals surface area contributed by atoms with Crippen LogP contribution < -0.4 is 5.56 Å². The van der Waals surface area contributed by atoms with Crippen LogP contribution in [-0.2, 0) is 11.3 Å². The van der Waals surface area contributed by atoms with Gasteiger partial charge < -0.3 is 9.64 Å². The van der Waals surface area contributed by atoms with Crippen molar-refractivity contribution in [2.45, 2.75) is 33.2 Å². The van der Waals surface area contributed by atoms with Gasteiger partial charge in [-0.3, -0.25) is 14.3 Å². The number of hydrogen-bond acceptors (Lipinski definition) is 5. The highest BCUT2D eigenvalue weighted by Gasteiger charge is 2.21. The fourth-order valence-electron chi connectivity index (χ4n) is 3.58. The highest BCUT2D eigenvalue weighted by molar-refractivity contribution is 5.12. The highest BCUT2D eigenvalue weighted by atomic mass is 16.5. The molecule has 0 N–H and O–H groups in total. The van der Waals surface area contributed by atoms with Gasteiger partial charge in [0.25, 0.3) is 5.56 Å². The number of likely N-dealkylation sites (tertiary alicyclic amines) is 1. The third kappa shape index (κ3) is 4.43. The Kier molecular flexibility index (Phi) is 6.03. The second kappa shape index (κ2) is 8.23. The summed E-state index contributed by atoms with van der Waals surface area (Å²) in [5.41, 5.74) is 1.74. The molecule has 0 amide bonds. The van der Waals surface area contributed by atoms with E-state index in [9.17, 15) is 4.79 Å². The van der Waals surface area contributed by atoms with Crippen molar-refractivity contribution in [1.29, 1.82) is 0 Å². The average molecular weight is 334 g/mol. The van der Waals surface area contributed by atoms with Gasteiger partial charge in [0, 0.05) is 44.0 Å². The lowest BCUT2D eigenvalue weighted by Crippen LogP contribution is -2.44. The molecule has 0 aromatic carbocycles. The second-order valence-electron chi connectivity index (χ2n) is 7.15. The van der Waals surface area contributed by atoms with E-state index in [2.05, 4.69) is 14.8 Å². The minimum atomic E-state index is 0.122. The molecule has 0 radical (unpaired) electrons. The van der Waals surface area contributed by atoms with Crippen molar-refractivity contribution in [3.63, 3.8) is 0 Å². The van der Waals surface area contributed by atoms with Gasteiger partial charge in [-0.05, 0) is 45.7 Å². The summed E-state index contributed by atoms with van der Waals surface area (Å²) in [6, 6.07) is 0.